The van der Waals surface area contributed by atoms with Crippen molar-refractivity contribution in [2.24, 2.45) is 7.05 Å². The van der Waals surface area contributed by atoms with Gasteiger partial charge >= 0.3 is 11.9 Å². The molecule has 0 unspecified atom stereocenters. The predicted octanol–water partition coefficient (Wildman–Crippen LogP) is 1.91. The van der Waals surface area contributed by atoms with Gasteiger partial charge in [0, 0.05) is 7.05 Å². The van der Waals surface area contributed by atoms with E-state index < -0.39 is 17.7 Å². The van der Waals surface area contributed by atoms with Crippen LogP contribution in [0.2, 0.25) is 0 Å². The van der Waals surface area contributed by atoms with E-state index in [0.717, 1.165) is 0 Å². The molecule has 0 atom stereocenters. The Labute approximate surface area is 112 Å². The van der Waals surface area contributed by atoms with Crippen LogP contribution in [0.5, 0.6) is 5.75 Å². The highest BCUT2D eigenvalue weighted by atomic mass is 19.4. The second kappa shape index (κ2) is 4.69. The first kappa shape index (κ1) is 14.2. The smallest absolute Gasteiger partial charge is 0.452 e. The van der Waals surface area contributed by atoms with Crippen molar-refractivity contribution in [1.29, 1.82) is 0 Å². The van der Waals surface area contributed by atoms with E-state index >= 15 is 0 Å². The van der Waals surface area contributed by atoms with E-state index in [0.29, 0.717) is 20.6 Å². The Morgan fingerprint density at radius 1 is 1.30 bits per heavy atom. The zero-order valence-corrected chi connectivity index (χ0v) is 11.0. The number of methoxy groups -OCH3 is 1. The summed E-state index contributed by atoms with van der Waals surface area (Å²) in [6.45, 7) is 1.59. The predicted molar refractivity (Wildman–Crippen MR) is 65.1 cm³/mol. The van der Waals surface area contributed by atoms with Gasteiger partial charge in [-0.1, -0.05) is 0 Å². The minimum atomic E-state index is -4.72. The molecule has 108 valence electrons. The molecule has 0 fully saturated rings. The van der Waals surface area contributed by atoms with Crippen LogP contribution in [0, 0.1) is 6.92 Å². The van der Waals surface area contributed by atoms with Crippen LogP contribution in [0.4, 0.5) is 13.2 Å². The van der Waals surface area contributed by atoms with Crippen LogP contribution in [0.1, 0.15) is 11.4 Å². The van der Waals surface area contributed by atoms with Gasteiger partial charge in [-0.05, 0) is 30.7 Å². The number of aromatic nitrogens is 3. The first-order valence-electron chi connectivity index (χ1n) is 5.64. The first-order valence-corrected chi connectivity index (χ1v) is 5.64. The van der Waals surface area contributed by atoms with Crippen molar-refractivity contribution in [2.45, 2.75) is 13.1 Å². The summed E-state index contributed by atoms with van der Waals surface area (Å²) in [5, 5.41) is 3.25. The van der Waals surface area contributed by atoms with Gasteiger partial charge in [-0.15, -0.1) is 5.10 Å². The summed E-state index contributed by atoms with van der Waals surface area (Å²) in [5.41, 5.74) is -0.258. The molecule has 8 heteroatoms. The molecule has 1 aromatic carbocycles. The Bertz CT molecular complexity index is 701. The first-order chi connectivity index (χ1) is 9.25. The van der Waals surface area contributed by atoms with E-state index in [1.807, 2.05) is 0 Å². The molecule has 0 saturated heterocycles. The highest BCUT2D eigenvalue weighted by Crippen LogP contribution is 2.29. The lowest BCUT2D eigenvalue weighted by Crippen LogP contribution is -2.24. The average Bonchev–Trinajstić information content (AvgIpc) is 2.66. The van der Waals surface area contributed by atoms with Crippen molar-refractivity contribution in [1.82, 2.24) is 14.3 Å². The van der Waals surface area contributed by atoms with E-state index in [2.05, 4.69) is 5.10 Å². The maximum Gasteiger partial charge on any atom is 0.452 e. The Kier molecular flexibility index (Phi) is 3.33. The van der Waals surface area contributed by atoms with Gasteiger partial charge in [0.15, 0.2) is 0 Å². The van der Waals surface area contributed by atoms with Gasteiger partial charge in [-0.3, -0.25) is 0 Å². The lowest BCUT2D eigenvalue weighted by molar-refractivity contribution is -0.146. The molecule has 0 spiro atoms. The monoisotopic (exact) mass is 287 g/mol. The minimum Gasteiger partial charge on any atom is -0.497 e. The number of rotatable bonds is 2. The largest absolute Gasteiger partial charge is 0.497 e. The number of nitrogens with zero attached hydrogens (tertiary/aromatic N) is 3. The second-order valence-electron chi connectivity index (χ2n) is 4.22. The molecule has 0 aliphatic rings. The fourth-order valence-corrected chi connectivity index (χ4v) is 1.87. The Morgan fingerprint density at radius 2 is 1.95 bits per heavy atom. The highest BCUT2D eigenvalue weighted by molar-refractivity contribution is 5.45. The number of halogens is 3. The summed E-state index contributed by atoms with van der Waals surface area (Å²) in [5.74, 6) is -0.755. The van der Waals surface area contributed by atoms with Crippen molar-refractivity contribution < 1.29 is 17.9 Å². The zero-order valence-electron chi connectivity index (χ0n) is 11.0. The summed E-state index contributed by atoms with van der Waals surface area (Å²) < 4.78 is 45.0. The maximum atomic E-state index is 12.9. The van der Waals surface area contributed by atoms with Crippen LogP contribution in [-0.2, 0) is 13.2 Å². The Balaban J connectivity index is 2.73. The summed E-state index contributed by atoms with van der Waals surface area (Å²) in [4.78, 5) is 11.9. The molecule has 1 heterocycles. The van der Waals surface area contributed by atoms with E-state index in [9.17, 15) is 18.0 Å². The van der Waals surface area contributed by atoms with Crippen molar-refractivity contribution in [3.63, 3.8) is 0 Å². The number of benzene rings is 1. The fourth-order valence-electron chi connectivity index (χ4n) is 1.87. The third kappa shape index (κ3) is 2.28. The Morgan fingerprint density at radius 3 is 2.45 bits per heavy atom. The van der Waals surface area contributed by atoms with Crippen molar-refractivity contribution >= 4 is 0 Å². The van der Waals surface area contributed by atoms with Gasteiger partial charge in [0.1, 0.15) is 5.75 Å². The third-order valence-electron chi connectivity index (χ3n) is 2.82. The molecule has 2 rings (SSSR count). The summed E-state index contributed by atoms with van der Waals surface area (Å²) in [6, 6.07) is 4.43. The van der Waals surface area contributed by atoms with Crippen LogP contribution in [-0.4, -0.2) is 21.5 Å². The van der Waals surface area contributed by atoms with Gasteiger partial charge < -0.3 is 4.74 Å². The molecule has 2 aromatic rings. The molecule has 0 amide bonds. The van der Waals surface area contributed by atoms with Crippen LogP contribution in [0.3, 0.4) is 0 Å². The normalized spacial score (nSPS) is 11.7. The molecule has 0 saturated carbocycles. The zero-order chi connectivity index (χ0) is 15.1. The molecule has 5 nitrogen and oxygen atoms in total. The van der Waals surface area contributed by atoms with Crippen molar-refractivity contribution in [3.8, 4) is 11.4 Å². The van der Waals surface area contributed by atoms with Crippen molar-refractivity contribution in [3.05, 3.63) is 40.1 Å². The summed E-state index contributed by atoms with van der Waals surface area (Å²) in [6.07, 6.45) is -4.72. The molecule has 0 aliphatic heterocycles. The lowest BCUT2D eigenvalue weighted by atomic mass is 10.2. The Hall–Kier alpha value is -2.25. The molecule has 0 radical (unpaired) electrons. The topological polar surface area (TPSA) is 49.0 Å². The van der Waals surface area contributed by atoms with E-state index in [-0.39, 0.29) is 5.69 Å². The number of hydrogen-bond acceptors (Lipinski definition) is 3. The lowest BCUT2D eigenvalue weighted by Gasteiger charge is -2.11. The van der Waals surface area contributed by atoms with Gasteiger partial charge in [-0.25, -0.2) is 14.0 Å². The molecule has 20 heavy (non-hydrogen) atoms. The van der Waals surface area contributed by atoms with Crippen LogP contribution in [0.15, 0.2) is 23.0 Å². The SMILES string of the molecule is COc1ccc(-n2c(C(F)(F)F)nn(C)c2=O)c(C)c1. The number of alkyl halides is 3. The number of hydrogen-bond donors (Lipinski definition) is 0. The maximum absolute atomic E-state index is 12.9. The molecule has 1 aromatic heterocycles. The van der Waals surface area contributed by atoms with Gasteiger partial charge in [-0.2, -0.15) is 13.2 Å². The second-order valence-corrected chi connectivity index (χ2v) is 4.22. The standard InChI is InChI=1S/C12H12F3N3O2/c1-7-6-8(20-3)4-5-9(7)18-10(12(13,14)15)16-17(2)11(18)19/h4-6H,1-3H3. The van der Waals surface area contributed by atoms with Gasteiger partial charge in [0.25, 0.3) is 0 Å². The quantitative estimate of drug-likeness (QED) is 0.847. The van der Waals surface area contributed by atoms with Crippen molar-refractivity contribution in [2.75, 3.05) is 7.11 Å². The highest BCUT2D eigenvalue weighted by Gasteiger charge is 2.39. The minimum absolute atomic E-state index is 0.122. The fraction of sp³-hybridized carbons (Fsp3) is 0.333. The molecule has 0 bridgehead atoms. The molecular formula is C12H12F3N3O2. The van der Waals surface area contributed by atoms with Crippen LogP contribution < -0.4 is 10.4 Å². The molecular weight excluding hydrogens is 275 g/mol. The van der Waals surface area contributed by atoms with E-state index in [4.69, 9.17) is 4.74 Å². The molecule has 0 N–H and O–H groups in total. The van der Waals surface area contributed by atoms with Gasteiger partial charge in [0.05, 0.1) is 12.8 Å². The summed E-state index contributed by atoms with van der Waals surface area (Å²) >= 11 is 0. The van der Waals surface area contributed by atoms with Crippen LogP contribution >= 0.6 is 0 Å². The summed E-state index contributed by atoms with van der Waals surface area (Å²) in [7, 11) is 2.62. The third-order valence-corrected chi connectivity index (χ3v) is 2.82. The van der Waals surface area contributed by atoms with Gasteiger partial charge in [0.2, 0.25) is 5.82 Å². The molecule has 0 aliphatic carbocycles. The van der Waals surface area contributed by atoms with Crippen LogP contribution in [0.25, 0.3) is 5.69 Å². The average molecular weight is 287 g/mol. The number of aryl methyl sites for hydroxylation is 2. The van der Waals surface area contributed by atoms with E-state index in [1.165, 1.54) is 26.3 Å². The number of ether oxygens (including phenoxy) is 1. The van der Waals surface area contributed by atoms with E-state index in [1.54, 1.807) is 13.0 Å².